The van der Waals surface area contributed by atoms with Crippen LogP contribution in [0.25, 0.3) is 11.6 Å². The highest BCUT2D eigenvalue weighted by molar-refractivity contribution is 5.90. The van der Waals surface area contributed by atoms with Crippen molar-refractivity contribution < 1.29 is 9.53 Å². The van der Waals surface area contributed by atoms with Crippen molar-refractivity contribution in [1.29, 1.82) is 0 Å². The summed E-state index contributed by atoms with van der Waals surface area (Å²) < 4.78 is 4.74. The topological polar surface area (TPSA) is 29.5 Å². The molecule has 1 heterocycles. The quantitative estimate of drug-likeness (QED) is 0.596. The molecule has 130 valence electrons. The first kappa shape index (κ1) is 17.3. The smallest absolute Gasteiger partial charge is 0.337 e. The molecule has 1 aliphatic heterocycles. The van der Waals surface area contributed by atoms with E-state index in [9.17, 15) is 4.79 Å². The summed E-state index contributed by atoms with van der Waals surface area (Å²) in [5, 5.41) is 0. The number of anilines is 1. The van der Waals surface area contributed by atoms with Gasteiger partial charge >= 0.3 is 5.97 Å². The van der Waals surface area contributed by atoms with Crippen LogP contribution >= 0.6 is 0 Å². The van der Waals surface area contributed by atoms with Gasteiger partial charge in [-0.25, -0.2) is 4.79 Å². The van der Waals surface area contributed by atoms with Gasteiger partial charge in [0.15, 0.2) is 0 Å². The summed E-state index contributed by atoms with van der Waals surface area (Å²) >= 11 is 0. The second-order valence-corrected chi connectivity index (χ2v) is 6.66. The van der Waals surface area contributed by atoms with E-state index in [0.717, 1.165) is 18.5 Å². The van der Waals surface area contributed by atoms with Crippen LogP contribution in [0, 0.1) is 0 Å². The molecular formula is C22H25NO2. The molecule has 3 heteroatoms. The standard InChI is InChI=1S/C22H25NO2/c1-16(14-17-7-9-18(10-8-17)22(24)25-3)19-11-12-21-20(15-19)6-4-5-13-23(21)2/h7-12,14-15H,4-6,13H2,1-3H3/b16-14+. The molecule has 2 aromatic rings. The van der Waals surface area contributed by atoms with E-state index >= 15 is 0 Å². The molecule has 0 aliphatic carbocycles. The van der Waals surface area contributed by atoms with Crippen LogP contribution in [0.4, 0.5) is 5.69 Å². The monoisotopic (exact) mass is 335 g/mol. The maximum absolute atomic E-state index is 11.5. The maximum Gasteiger partial charge on any atom is 0.337 e. The van der Waals surface area contributed by atoms with Crippen LogP contribution in [0.2, 0.25) is 0 Å². The maximum atomic E-state index is 11.5. The first-order valence-corrected chi connectivity index (χ1v) is 8.79. The predicted octanol–water partition coefficient (Wildman–Crippen LogP) is 4.81. The van der Waals surface area contributed by atoms with Crippen LogP contribution in [0.5, 0.6) is 0 Å². The molecule has 0 unspecified atom stereocenters. The largest absolute Gasteiger partial charge is 0.465 e. The van der Waals surface area contributed by atoms with Crippen molar-refractivity contribution in [3.8, 4) is 0 Å². The highest BCUT2D eigenvalue weighted by Crippen LogP contribution is 2.29. The summed E-state index contributed by atoms with van der Waals surface area (Å²) in [7, 11) is 3.57. The fourth-order valence-corrected chi connectivity index (χ4v) is 3.35. The molecule has 1 aliphatic rings. The van der Waals surface area contributed by atoms with Crippen molar-refractivity contribution in [3.05, 3.63) is 64.7 Å². The summed E-state index contributed by atoms with van der Waals surface area (Å²) in [4.78, 5) is 13.9. The lowest BCUT2D eigenvalue weighted by Gasteiger charge is -2.20. The SMILES string of the molecule is COC(=O)c1ccc(/C=C(\C)c2ccc3c(c2)CCCCN3C)cc1. The molecule has 0 atom stereocenters. The fourth-order valence-electron chi connectivity index (χ4n) is 3.35. The zero-order chi connectivity index (χ0) is 17.8. The van der Waals surface area contributed by atoms with Crippen LogP contribution in [0.15, 0.2) is 42.5 Å². The molecule has 3 rings (SSSR count). The van der Waals surface area contributed by atoms with Crippen molar-refractivity contribution >= 4 is 23.3 Å². The van der Waals surface area contributed by atoms with Gasteiger partial charge in [0.25, 0.3) is 0 Å². The molecule has 0 aromatic heterocycles. The number of nitrogens with zero attached hydrogens (tertiary/aromatic N) is 1. The zero-order valence-electron chi connectivity index (χ0n) is 15.2. The molecule has 0 N–H and O–H groups in total. The molecule has 0 bridgehead atoms. The Balaban J connectivity index is 1.85. The summed E-state index contributed by atoms with van der Waals surface area (Å²) in [5.41, 5.74) is 6.93. The van der Waals surface area contributed by atoms with Gasteiger partial charge < -0.3 is 9.64 Å². The number of hydrogen-bond acceptors (Lipinski definition) is 3. The number of methoxy groups -OCH3 is 1. The number of rotatable bonds is 3. The van der Waals surface area contributed by atoms with Gasteiger partial charge in [0, 0.05) is 19.3 Å². The Hall–Kier alpha value is -2.55. The number of fused-ring (bicyclic) bond motifs is 1. The van der Waals surface area contributed by atoms with E-state index < -0.39 is 0 Å². The van der Waals surface area contributed by atoms with Crippen molar-refractivity contribution in [3.63, 3.8) is 0 Å². The number of esters is 1. The summed E-state index contributed by atoms with van der Waals surface area (Å²) in [5.74, 6) is -0.304. The molecule has 0 amide bonds. The molecule has 0 spiro atoms. The summed E-state index contributed by atoms with van der Waals surface area (Å²) in [6.07, 6.45) is 5.80. The van der Waals surface area contributed by atoms with Crippen molar-refractivity contribution in [2.75, 3.05) is 25.6 Å². The summed E-state index contributed by atoms with van der Waals surface area (Å²) in [6, 6.07) is 14.3. The van der Waals surface area contributed by atoms with Gasteiger partial charge in [0.05, 0.1) is 12.7 Å². The van der Waals surface area contributed by atoms with E-state index in [0.29, 0.717) is 5.56 Å². The zero-order valence-corrected chi connectivity index (χ0v) is 15.2. The van der Waals surface area contributed by atoms with E-state index in [-0.39, 0.29) is 5.97 Å². The molecule has 0 radical (unpaired) electrons. The van der Waals surface area contributed by atoms with Gasteiger partial charge in [-0.2, -0.15) is 0 Å². The third-order valence-corrected chi connectivity index (χ3v) is 4.85. The van der Waals surface area contributed by atoms with Crippen LogP contribution in [0.3, 0.4) is 0 Å². The Morgan fingerprint density at radius 3 is 2.52 bits per heavy atom. The molecule has 2 aromatic carbocycles. The number of carbonyl (C=O) groups excluding carboxylic acids is 1. The van der Waals surface area contributed by atoms with Gasteiger partial charge in [0.1, 0.15) is 0 Å². The molecule has 3 nitrogen and oxygen atoms in total. The van der Waals surface area contributed by atoms with Crippen molar-refractivity contribution in [1.82, 2.24) is 0 Å². The number of ether oxygens (including phenoxy) is 1. The van der Waals surface area contributed by atoms with Crippen LogP contribution in [0.1, 0.15) is 46.8 Å². The highest BCUT2D eigenvalue weighted by atomic mass is 16.5. The lowest BCUT2D eigenvalue weighted by atomic mass is 9.98. The van der Waals surface area contributed by atoms with E-state index in [1.807, 2.05) is 12.1 Å². The minimum absolute atomic E-state index is 0.304. The Labute approximate surface area is 149 Å². The highest BCUT2D eigenvalue weighted by Gasteiger charge is 2.12. The normalized spacial score (nSPS) is 14.7. The number of hydrogen-bond donors (Lipinski definition) is 0. The Morgan fingerprint density at radius 2 is 1.80 bits per heavy atom. The van der Waals surface area contributed by atoms with E-state index in [4.69, 9.17) is 4.74 Å². The Bertz CT molecular complexity index is 790. The van der Waals surface area contributed by atoms with E-state index in [1.165, 1.54) is 42.3 Å². The van der Waals surface area contributed by atoms with Crippen LogP contribution in [-0.4, -0.2) is 26.7 Å². The third-order valence-electron chi connectivity index (χ3n) is 4.85. The van der Waals surface area contributed by atoms with Crippen molar-refractivity contribution in [2.45, 2.75) is 26.2 Å². The molecular weight excluding hydrogens is 310 g/mol. The van der Waals surface area contributed by atoms with Gasteiger partial charge in [-0.3, -0.25) is 0 Å². The third kappa shape index (κ3) is 3.93. The predicted molar refractivity (Wildman–Crippen MR) is 104 cm³/mol. The first-order valence-electron chi connectivity index (χ1n) is 8.79. The second-order valence-electron chi connectivity index (χ2n) is 6.66. The number of aryl methyl sites for hydroxylation is 1. The number of allylic oxidation sites excluding steroid dienone is 1. The Morgan fingerprint density at radius 1 is 1.08 bits per heavy atom. The van der Waals surface area contributed by atoms with Gasteiger partial charge in [-0.15, -0.1) is 0 Å². The molecule has 0 saturated heterocycles. The minimum atomic E-state index is -0.304. The first-order chi connectivity index (χ1) is 12.1. The fraction of sp³-hybridized carbons (Fsp3) is 0.318. The van der Waals surface area contributed by atoms with Crippen molar-refractivity contribution in [2.24, 2.45) is 0 Å². The number of benzene rings is 2. The molecule has 25 heavy (non-hydrogen) atoms. The van der Waals surface area contributed by atoms with Crippen LogP contribution in [-0.2, 0) is 11.2 Å². The number of carbonyl (C=O) groups is 1. The Kier molecular flexibility index (Phi) is 5.22. The van der Waals surface area contributed by atoms with E-state index in [2.05, 4.69) is 43.1 Å². The van der Waals surface area contributed by atoms with Crippen LogP contribution < -0.4 is 4.90 Å². The van der Waals surface area contributed by atoms with Gasteiger partial charge in [-0.05, 0) is 72.7 Å². The molecule has 0 fully saturated rings. The summed E-state index contributed by atoms with van der Waals surface area (Å²) in [6.45, 7) is 3.27. The average molecular weight is 335 g/mol. The molecule has 0 saturated carbocycles. The van der Waals surface area contributed by atoms with Gasteiger partial charge in [0.2, 0.25) is 0 Å². The second kappa shape index (κ2) is 7.56. The minimum Gasteiger partial charge on any atom is -0.465 e. The van der Waals surface area contributed by atoms with E-state index in [1.54, 1.807) is 12.1 Å². The van der Waals surface area contributed by atoms with Gasteiger partial charge in [-0.1, -0.05) is 24.3 Å². The average Bonchev–Trinajstić information content (AvgIpc) is 2.82. The lowest BCUT2D eigenvalue weighted by Crippen LogP contribution is -2.17. The lowest BCUT2D eigenvalue weighted by molar-refractivity contribution is 0.0600.